The lowest BCUT2D eigenvalue weighted by molar-refractivity contribution is -0.139. The van der Waals surface area contributed by atoms with Crippen molar-refractivity contribution in [1.82, 2.24) is 9.97 Å². The highest BCUT2D eigenvalue weighted by Gasteiger charge is 2.14. The standard InChI is InChI=1S/C15H11FN2O3S/c1-21-12(19)6-11-17-14(20)13-10(7-22-15(13)18-11)8-2-4-9(16)5-3-8/h2-5,7H,6H2,1H3,(H,17,18,20). The van der Waals surface area contributed by atoms with E-state index < -0.39 is 5.97 Å². The first kappa shape index (κ1) is 14.4. The van der Waals surface area contributed by atoms with Crippen LogP contribution in [0.5, 0.6) is 0 Å². The number of carbonyl (C=O) groups excluding carboxylic acids is 1. The Bertz CT molecular complexity index is 899. The Kier molecular flexibility index (Phi) is 3.72. The van der Waals surface area contributed by atoms with Crippen LogP contribution in [0.25, 0.3) is 21.3 Å². The number of esters is 1. The number of benzene rings is 1. The van der Waals surface area contributed by atoms with Crippen LogP contribution in [-0.4, -0.2) is 23.0 Å². The van der Waals surface area contributed by atoms with E-state index in [4.69, 9.17) is 0 Å². The minimum absolute atomic E-state index is 0.0918. The molecule has 22 heavy (non-hydrogen) atoms. The first-order valence-corrected chi connectivity index (χ1v) is 7.29. The third-order valence-electron chi connectivity index (χ3n) is 3.19. The van der Waals surface area contributed by atoms with Gasteiger partial charge in [-0.3, -0.25) is 9.59 Å². The van der Waals surface area contributed by atoms with Crippen LogP contribution in [0.4, 0.5) is 4.39 Å². The number of halogens is 1. The van der Waals surface area contributed by atoms with Gasteiger partial charge in [-0.2, -0.15) is 0 Å². The molecule has 0 atom stereocenters. The summed E-state index contributed by atoms with van der Waals surface area (Å²) in [5, 5.41) is 2.23. The maximum Gasteiger partial charge on any atom is 0.313 e. The van der Waals surface area contributed by atoms with Crippen LogP contribution in [0.15, 0.2) is 34.4 Å². The van der Waals surface area contributed by atoms with E-state index in [1.807, 2.05) is 0 Å². The van der Waals surface area contributed by atoms with Crippen molar-refractivity contribution in [2.75, 3.05) is 7.11 Å². The minimum Gasteiger partial charge on any atom is -0.469 e. The van der Waals surface area contributed by atoms with Gasteiger partial charge in [0.2, 0.25) is 0 Å². The van der Waals surface area contributed by atoms with Gasteiger partial charge in [0, 0.05) is 10.9 Å². The number of H-pyrrole nitrogens is 1. The van der Waals surface area contributed by atoms with Gasteiger partial charge in [0.05, 0.1) is 12.5 Å². The molecule has 0 spiro atoms. The summed E-state index contributed by atoms with van der Waals surface area (Å²) in [5.74, 6) is -0.551. The molecule has 0 aliphatic heterocycles. The molecule has 0 bridgehead atoms. The second-order valence-electron chi connectivity index (χ2n) is 4.60. The highest BCUT2D eigenvalue weighted by Crippen LogP contribution is 2.30. The average molecular weight is 318 g/mol. The molecule has 1 aromatic carbocycles. The Morgan fingerprint density at radius 2 is 2.09 bits per heavy atom. The van der Waals surface area contributed by atoms with E-state index in [2.05, 4.69) is 14.7 Å². The first-order chi connectivity index (χ1) is 10.6. The van der Waals surface area contributed by atoms with E-state index in [0.29, 0.717) is 15.8 Å². The van der Waals surface area contributed by atoms with E-state index in [9.17, 15) is 14.0 Å². The third kappa shape index (κ3) is 2.62. The number of carbonyl (C=O) groups is 1. The predicted octanol–water partition coefficient (Wildman–Crippen LogP) is 2.51. The van der Waals surface area contributed by atoms with Crippen molar-refractivity contribution < 1.29 is 13.9 Å². The number of nitrogens with one attached hydrogen (secondary N) is 1. The average Bonchev–Trinajstić information content (AvgIpc) is 2.92. The molecular weight excluding hydrogens is 307 g/mol. The Morgan fingerprint density at radius 3 is 2.77 bits per heavy atom. The lowest BCUT2D eigenvalue weighted by Crippen LogP contribution is -2.15. The van der Waals surface area contributed by atoms with Gasteiger partial charge in [-0.15, -0.1) is 11.3 Å². The van der Waals surface area contributed by atoms with Crippen molar-refractivity contribution in [2.24, 2.45) is 0 Å². The summed E-state index contributed by atoms with van der Waals surface area (Å²) in [6, 6.07) is 5.90. The Balaban J connectivity index is 2.10. The van der Waals surface area contributed by atoms with Crippen LogP contribution >= 0.6 is 11.3 Å². The molecule has 0 aliphatic carbocycles. The molecule has 0 saturated carbocycles. The number of ether oxygens (including phenoxy) is 1. The van der Waals surface area contributed by atoms with Gasteiger partial charge in [-0.05, 0) is 17.7 Å². The van der Waals surface area contributed by atoms with Gasteiger partial charge in [-0.25, -0.2) is 9.37 Å². The maximum atomic E-state index is 13.0. The second kappa shape index (κ2) is 5.69. The van der Waals surface area contributed by atoms with E-state index in [0.717, 1.165) is 5.56 Å². The zero-order valence-electron chi connectivity index (χ0n) is 11.6. The molecule has 0 amide bonds. The van der Waals surface area contributed by atoms with Crippen LogP contribution in [0, 0.1) is 5.82 Å². The topological polar surface area (TPSA) is 72.0 Å². The number of nitrogens with zero attached hydrogens (tertiary/aromatic N) is 1. The molecule has 0 unspecified atom stereocenters. The summed E-state index contributed by atoms with van der Waals surface area (Å²) in [5.41, 5.74) is 1.10. The van der Waals surface area contributed by atoms with Crippen molar-refractivity contribution in [3.63, 3.8) is 0 Å². The Hall–Kier alpha value is -2.54. The number of aromatic amines is 1. The normalized spacial score (nSPS) is 10.8. The van der Waals surface area contributed by atoms with Crippen LogP contribution in [0.3, 0.4) is 0 Å². The summed E-state index contributed by atoms with van der Waals surface area (Å²) < 4.78 is 17.6. The SMILES string of the molecule is COC(=O)Cc1nc2scc(-c3ccc(F)cc3)c2c(=O)[nH]1. The van der Waals surface area contributed by atoms with Crippen molar-refractivity contribution in [2.45, 2.75) is 6.42 Å². The zero-order valence-corrected chi connectivity index (χ0v) is 12.4. The summed E-state index contributed by atoms with van der Waals surface area (Å²) >= 11 is 1.30. The molecule has 0 saturated heterocycles. The zero-order chi connectivity index (χ0) is 15.7. The van der Waals surface area contributed by atoms with E-state index in [-0.39, 0.29) is 23.6 Å². The van der Waals surface area contributed by atoms with Gasteiger partial charge in [0.15, 0.2) is 0 Å². The van der Waals surface area contributed by atoms with E-state index >= 15 is 0 Å². The number of hydrogen-bond donors (Lipinski definition) is 1. The van der Waals surface area contributed by atoms with E-state index in [1.165, 1.54) is 30.6 Å². The number of methoxy groups -OCH3 is 1. The number of aromatic nitrogens is 2. The summed E-state index contributed by atoms with van der Waals surface area (Å²) in [7, 11) is 1.27. The highest BCUT2D eigenvalue weighted by atomic mass is 32.1. The molecule has 5 nitrogen and oxygen atoms in total. The van der Waals surface area contributed by atoms with Gasteiger partial charge in [0.1, 0.15) is 22.9 Å². The van der Waals surface area contributed by atoms with Crippen LogP contribution < -0.4 is 5.56 Å². The molecule has 3 aromatic rings. The summed E-state index contributed by atoms with van der Waals surface area (Å²) in [6.45, 7) is 0. The summed E-state index contributed by atoms with van der Waals surface area (Å²) in [4.78, 5) is 30.9. The fraction of sp³-hybridized carbons (Fsp3) is 0.133. The molecule has 0 fully saturated rings. The molecule has 0 aliphatic rings. The lowest BCUT2D eigenvalue weighted by atomic mass is 10.1. The molecule has 2 heterocycles. The molecule has 2 aromatic heterocycles. The van der Waals surface area contributed by atoms with Crippen molar-refractivity contribution in [3.05, 3.63) is 51.6 Å². The second-order valence-corrected chi connectivity index (χ2v) is 5.46. The van der Waals surface area contributed by atoms with Crippen molar-refractivity contribution in [3.8, 4) is 11.1 Å². The minimum atomic E-state index is -0.474. The molecule has 112 valence electrons. The van der Waals surface area contributed by atoms with Gasteiger partial charge >= 0.3 is 5.97 Å². The van der Waals surface area contributed by atoms with Gasteiger partial charge in [-0.1, -0.05) is 12.1 Å². The largest absolute Gasteiger partial charge is 0.469 e. The van der Waals surface area contributed by atoms with Crippen LogP contribution in [-0.2, 0) is 16.0 Å². The molecular formula is C15H11FN2O3S. The molecule has 7 heteroatoms. The Morgan fingerprint density at radius 1 is 1.36 bits per heavy atom. The fourth-order valence-electron chi connectivity index (χ4n) is 2.13. The Labute approximate surface area is 128 Å². The molecule has 1 N–H and O–H groups in total. The lowest BCUT2D eigenvalue weighted by Gasteiger charge is -2.01. The van der Waals surface area contributed by atoms with Gasteiger partial charge in [0.25, 0.3) is 5.56 Å². The van der Waals surface area contributed by atoms with Crippen molar-refractivity contribution >= 4 is 27.5 Å². The fourth-order valence-corrected chi connectivity index (χ4v) is 3.09. The number of hydrogen-bond acceptors (Lipinski definition) is 5. The highest BCUT2D eigenvalue weighted by molar-refractivity contribution is 7.17. The number of thiophene rings is 1. The van der Waals surface area contributed by atoms with Gasteiger partial charge < -0.3 is 9.72 Å². The van der Waals surface area contributed by atoms with E-state index in [1.54, 1.807) is 17.5 Å². The monoisotopic (exact) mass is 318 g/mol. The van der Waals surface area contributed by atoms with Crippen LogP contribution in [0.1, 0.15) is 5.82 Å². The maximum absolute atomic E-state index is 13.0. The van der Waals surface area contributed by atoms with Crippen LogP contribution in [0.2, 0.25) is 0 Å². The third-order valence-corrected chi connectivity index (χ3v) is 4.06. The van der Waals surface area contributed by atoms with Crippen molar-refractivity contribution in [1.29, 1.82) is 0 Å². The molecule has 0 radical (unpaired) electrons. The first-order valence-electron chi connectivity index (χ1n) is 6.41. The molecule has 3 rings (SSSR count). The number of fused-ring (bicyclic) bond motifs is 1. The summed E-state index contributed by atoms with van der Waals surface area (Å²) in [6.07, 6.45) is -0.0918. The predicted molar refractivity (Wildman–Crippen MR) is 81.4 cm³/mol. The number of rotatable bonds is 3. The quantitative estimate of drug-likeness (QED) is 0.753. The smallest absolute Gasteiger partial charge is 0.313 e.